The molecule has 2 heterocycles. The molecular weight excluding hydrogens is 483 g/mol. The third-order valence-corrected chi connectivity index (χ3v) is 5.38. The normalized spacial score (nSPS) is 16.0. The van der Waals surface area contributed by atoms with E-state index in [2.05, 4.69) is 47.3 Å². The Morgan fingerprint density at radius 1 is 1.22 bits per heavy atom. The van der Waals surface area contributed by atoms with E-state index in [4.69, 9.17) is 4.74 Å². The topological polar surface area (TPSA) is 69.0 Å². The number of carbonyl (C=O) groups excluding carboxylic acids is 1. The van der Waals surface area contributed by atoms with Gasteiger partial charge in [0.15, 0.2) is 0 Å². The lowest BCUT2D eigenvalue weighted by molar-refractivity contribution is -0.117. The SMILES string of the molecule is O=C1CC(c2cc(Br)c(OCc3ccc(F)cc3)c(Br)c2)n2ncnc2N1. The van der Waals surface area contributed by atoms with Crippen LogP contribution in [0, 0.1) is 5.82 Å². The average molecular weight is 496 g/mol. The Morgan fingerprint density at radius 2 is 1.93 bits per heavy atom. The van der Waals surface area contributed by atoms with E-state index in [1.54, 1.807) is 16.8 Å². The van der Waals surface area contributed by atoms with E-state index in [-0.39, 0.29) is 24.2 Å². The van der Waals surface area contributed by atoms with Gasteiger partial charge in [-0.3, -0.25) is 10.1 Å². The summed E-state index contributed by atoms with van der Waals surface area (Å²) in [6, 6.07) is 9.70. The van der Waals surface area contributed by atoms with E-state index < -0.39 is 0 Å². The van der Waals surface area contributed by atoms with E-state index in [0.717, 1.165) is 20.1 Å². The number of hydrogen-bond donors (Lipinski definition) is 1. The molecule has 1 N–H and O–H groups in total. The molecule has 1 atom stereocenters. The summed E-state index contributed by atoms with van der Waals surface area (Å²) in [6.45, 7) is 0.301. The highest BCUT2D eigenvalue weighted by Gasteiger charge is 2.28. The standard InChI is InChI=1S/C18H13Br2FN4O2/c19-13-5-11(15-7-16(26)24-18-22-9-23-25(15)18)6-14(20)17(13)27-8-10-1-3-12(21)4-2-10/h1-6,9,15H,7-8H2,(H,22,23,24,26). The number of rotatable bonds is 4. The van der Waals surface area contributed by atoms with Crippen LogP contribution in [-0.2, 0) is 11.4 Å². The Hall–Kier alpha value is -2.26. The lowest BCUT2D eigenvalue weighted by Crippen LogP contribution is -2.29. The molecule has 138 valence electrons. The van der Waals surface area contributed by atoms with Crippen LogP contribution in [-0.4, -0.2) is 20.7 Å². The predicted molar refractivity (Wildman–Crippen MR) is 104 cm³/mol. The summed E-state index contributed by atoms with van der Waals surface area (Å²) in [5.41, 5.74) is 1.75. The smallest absolute Gasteiger partial charge is 0.229 e. The number of ether oxygens (including phenoxy) is 1. The molecular formula is C18H13Br2FN4O2. The van der Waals surface area contributed by atoms with Crippen LogP contribution < -0.4 is 10.1 Å². The average Bonchev–Trinajstić information content (AvgIpc) is 3.10. The third kappa shape index (κ3) is 3.74. The molecule has 0 saturated heterocycles. The monoisotopic (exact) mass is 494 g/mol. The van der Waals surface area contributed by atoms with E-state index in [0.29, 0.717) is 18.3 Å². The molecule has 0 bridgehead atoms. The van der Waals surface area contributed by atoms with Crippen molar-refractivity contribution >= 4 is 43.7 Å². The fraction of sp³-hybridized carbons (Fsp3) is 0.167. The Labute approximate surface area is 171 Å². The molecule has 4 rings (SSSR count). The molecule has 1 amide bonds. The van der Waals surface area contributed by atoms with Crippen LogP contribution >= 0.6 is 31.9 Å². The second kappa shape index (κ2) is 7.40. The van der Waals surface area contributed by atoms with Gasteiger partial charge in [-0.05, 0) is 67.3 Å². The van der Waals surface area contributed by atoms with Gasteiger partial charge in [0.25, 0.3) is 0 Å². The van der Waals surface area contributed by atoms with Crippen molar-refractivity contribution in [3.8, 4) is 5.75 Å². The second-order valence-corrected chi connectivity index (χ2v) is 7.73. The highest BCUT2D eigenvalue weighted by Crippen LogP contribution is 2.39. The number of hydrogen-bond acceptors (Lipinski definition) is 4. The molecule has 3 aromatic rings. The molecule has 1 aromatic heterocycles. The van der Waals surface area contributed by atoms with Crippen molar-refractivity contribution < 1.29 is 13.9 Å². The maximum absolute atomic E-state index is 13.0. The number of carbonyl (C=O) groups is 1. The minimum Gasteiger partial charge on any atom is -0.487 e. The fourth-order valence-corrected chi connectivity index (χ4v) is 4.36. The molecule has 1 aliphatic heterocycles. The third-order valence-electron chi connectivity index (χ3n) is 4.20. The summed E-state index contributed by atoms with van der Waals surface area (Å²) in [4.78, 5) is 16.0. The van der Waals surface area contributed by atoms with Crippen LogP contribution in [0.25, 0.3) is 0 Å². The van der Waals surface area contributed by atoms with E-state index >= 15 is 0 Å². The largest absolute Gasteiger partial charge is 0.487 e. The molecule has 1 unspecified atom stereocenters. The van der Waals surface area contributed by atoms with Crippen molar-refractivity contribution in [1.29, 1.82) is 0 Å². The van der Waals surface area contributed by atoms with Gasteiger partial charge < -0.3 is 4.74 Å². The van der Waals surface area contributed by atoms with Crippen LogP contribution in [0.5, 0.6) is 5.75 Å². The van der Waals surface area contributed by atoms with Crippen molar-refractivity contribution in [3.05, 3.63) is 68.6 Å². The van der Waals surface area contributed by atoms with Crippen molar-refractivity contribution in [1.82, 2.24) is 14.8 Å². The molecule has 1 aliphatic rings. The van der Waals surface area contributed by atoms with Crippen LogP contribution in [0.1, 0.15) is 23.6 Å². The van der Waals surface area contributed by atoms with Gasteiger partial charge in [0.2, 0.25) is 11.9 Å². The molecule has 0 saturated carbocycles. The first-order valence-electron chi connectivity index (χ1n) is 8.07. The zero-order valence-electron chi connectivity index (χ0n) is 13.8. The Kier molecular flexibility index (Phi) is 4.96. The van der Waals surface area contributed by atoms with Crippen molar-refractivity contribution in [2.24, 2.45) is 0 Å². The highest BCUT2D eigenvalue weighted by molar-refractivity contribution is 9.11. The zero-order valence-corrected chi connectivity index (χ0v) is 17.0. The van der Waals surface area contributed by atoms with Gasteiger partial charge in [-0.2, -0.15) is 10.1 Å². The van der Waals surface area contributed by atoms with E-state index in [1.807, 2.05) is 12.1 Å². The molecule has 9 heteroatoms. The Balaban J connectivity index is 1.59. The number of fused-ring (bicyclic) bond motifs is 1. The summed E-state index contributed by atoms with van der Waals surface area (Å²) in [5, 5.41) is 6.91. The summed E-state index contributed by atoms with van der Waals surface area (Å²) >= 11 is 7.07. The number of aromatic nitrogens is 3. The van der Waals surface area contributed by atoms with Crippen LogP contribution in [0.2, 0.25) is 0 Å². The number of halogens is 3. The molecule has 0 aliphatic carbocycles. The van der Waals surface area contributed by atoms with Gasteiger partial charge in [0, 0.05) is 0 Å². The first-order chi connectivity index (χ1) is 13.0. The Bertz CT molecular complexity index is 984. The summed E-state index contributed by atoms with van der Waals surface area (Å²) < 4.78 is 22.1. The summed E-state index contributed by atoms with van der Waals surface area (Å²) in [5.74, 6) is 0.668. The molecule has 2 aromatic carbocycles. The maximum Gasteiger partial charge on any atom is 0.229 e. The van der Waals surface area contributed by atoms with Gasteiger partial charge in [0.05, 0.1) is 21.4 Å². The number of benzene rings is 2. The van der Waals surface area contributed by atoms with Gasteiger partial charge in [-0.25, -0.2) is 9.07 Å². The van der Waals surface area contributed by atoms with Gasteiger partial charge in [-0.15, -0.1) is 0 Å². The van der Waals surface area contributed by atoms with Crippen molar-refractivity contribution in [3.63, 3.8) is 0 Å². The molecule has 27 heavy (non-hydrogen) atoms. The lowest BCUT2D eigenvalue weighted by atomic mass is 10.0. The second-order valence-electron chi connectivity index (χ2n) is 6.03. The first-order valence-corrected chi connectivity index (χ1v) is 9.65. The number of anilines is 1. The number of nitrogens with zero attached hydrogens (tertiary/aromatic N) is 3. The van der Waals surface area contributed by atoms with Crippen molar-refractivity contribution in [2.75, 3.05) is 5.32 Å². The minimum absolute atomic E-state index is 0.107. The maximum atomic E-state index is 13.0. The fourth-order valence-electron chi connectivity index (χ4n) is 2.91. The zero-order chi connectivity index (χ0) is 19.0. The number of nitrogens with one attached hydrogen (secondary N) is 1. The van der Waals surface area contributed by atoms with Crippen LogP contribution in [0.4, 0.5) is 10.3 Å². The Morgan fingerprint density at radius 3 is 2.63 bits per heavy atom. The molecule has 6 nitrogen and oxygen atoms in total. The minimum atomic E-state index is -0.283. The van der Waals surface area contributed by atoms with Crippen LogP contribution in [0.15, 0.2) is 51.7 Å². The lowest BCUT2D eigenvalue weighted by Gasteiger charge is -2.24. The first kappa shape index (κ1) is 18.1. The summed E-state index contributed by atoms with van der Waals surface area (Å²) in [6.07, 6.45) is 1.68. The predicted octanol–water partition coefficient (Wildman–Crippen LogP) is 4.45. The van der Waals surface area contributed by atoms with Crippen molar-refractivity contribution in [2.45, 2.75) is 19.1 Å². The van der Waals surface area contributed by atoms with Gasteiger partial charge in [-0.1, -0.05) is 12.1 Å². The van der Waals surface area contributed by atoms with E-state index in [1.165, 1.54) is 18.5 Å². The quantitative estimate of drug-likeness (QED) is 0.580. The molecule has 0 radical (unpaired) electrons. The van der Waals surface area contributed by atoms with Gasteiger partial charge >= 0.3 is 0 Å². The highest BCUT2D eigenvalue weighted by atomic mass is 79.9. The molecule has 0 fully saturated rings. The van der Waals surface area contributed by atoms with E-state index in [9.17, 15) is 9.18 Å². The molecule has 0 spiro atoms. The number of amides is 1. The van der Waals surface area contributed by atoms with Crippen LogP contribution in [0.3, 0.4) is 0 Å². The summed E-state index contributed by atoms with van der Waals surface area (Å²) in [7, 11) is 0. The van der Waals surface area contributed by atoms with Gasteiger partial charge in [0.1, 0.15) is 24.5 Å².